The molecule has 0 aliphatic rings. The van der Waals surface area contributed by atoms with Crippen LogP contribution in [0.15, 0.2) is 66.7 Å². The molecule has 1 amide bonds. The molecule has 2 rings (SSSR count). The summed E-state index contributed by atoms with van der Waals surface area (Å²) in [6.07, 6.45) is 2.65. The number of allylic oxidation sites excluding steroid dienone is 1. The highest BCUT2D eigenvalue weighted by molar-refractivity contribution is 5.77. The minimum Gasteiger partial charge on any atom is -0.410 e. The first kappa shape index (κ1) is 20.8. The Bertz CT molecular complexity index is 727. The van der Waals surface area contributed by atoms with Crippen molar-refractivity contribution in [1.82, 2.24) is 4.90 Å². The number of ether oxygens (including phenoxy) is 1. The van der Waals surface area contributed by atoms with Crippen molar-refractivity contribution < 1.29 is 9.53 Å². The fourth-order valence-corrected chi connectivity index (χ4v) is 3.26. The summed E-state index contributed by atoms with van der Waals surface area (Å²) in [7, 11) is 0. The lowest BCUT2D eigenvalue weighted by molar-refractivity contribution is 0.114. The Kier molecular flexibility index (Phi) is 7.66. The fourth-order valence-electron chi connectivity index (χ4n) is 3.26. The summed E-state index contributed by atoms with van der Waals surface area (Å²) in [6.45, 7) is 10.2. The maximum Gasteiger partial charge on any atom is 0.415 e. The van der Waals surface area contributed by atoms with Crippen molar-refractivity contribution in [3.8, 4) is 0 Å². The number of benzene rings is 2. The van der Waals surface area contributed by atoms with E-state index in [1.165, 1.54) is 5.56 Å². The Hall–Kier alpha value is -2.55. The van der Waals surface area contributed by atoms with Crippen molar-refractivity contribution in [2.24, 2.45) is 5.92 Å². The van der Waals surface area contributed by atoms with Gasteiger partial charge in [0.15, 0.2) is 0 Å². The van der Waals surface area contributed by atoms with E-state index in [0.717, 1.165) is 12.0 Å². The molecule has 2 aromatic carbocycles. The second kappa shape index (κ2) is 9.96. The summed E-state index contributed by atoms with van der Waals surface area (Å²) in [4.78, 5) is 14.6. The van der Waals surface area contributed by atoms with Crippen molar-refractivity contribution in [2.45, 2.75) is 53.1 Å². The van der Waals surface area contributed by atoms with Crippen LogP contribution >= 0.6 is 0 Å². The second-order valence-electron chi connectivity index (χ2n) is 7.53. The van der Waals surface area contributed by atoms with Crippen LogP contribution in [0.25, 0.3) is 5.76 Å². The average molecular weight is 366 g/mol. The molecule has 0 heterocycles. The number of hydrogen-bond donors (Lipinski definition) is 0. The van der Waals surface area contributed by atoms with E-state index in [4.69, 9.17) is 4.74 Å². The van der Waals surface area contributed by atoms with Gasteiger partial charge in [-0.3, -0.25) is 0 Å². The molecule has 0 saturated carbocycles. The van der Waals surface area contributed by atoms with Gasteiger partial charge in [0.25, 0.3) is 0 Å². The van der Waals surface area contributed by atoms with Gasteiger partial charge in [0.1, 0.15) is 5.76 Å². The van der Waals surface area contributed by atoms with E-state index in [1.54, 1.807) is 4.90 Å². The van der Waals surface area contributed by atoms with Gasteiger partial charge in [0, 0.05) is 17.6 Å². The van der Waals surface area contributed by atoms with Crippen molar-refractivity contribution in [2.75, 3.05) is 0 Å². The SMILES string of the molecule is CC(C)N(C(=O)O/C(=C\[C@H](C)Cc1ccccc1)c1ccccc1)C(C)C. The lowest BCUT2D eigenvalue weighted by atomic mass is 9.99. The lowest BCUT2D eigenvalue weighted by Crippen LogP contribution is -2.42. The van der Waals surface area contributed by atoms with Crippen LogP contribution in [0.3, 0.4) is 0 Å². The van der Waals surface area contributed by atoms with Crippen molar-refractivity contribution in [3.05, 3.63) is 77.9 Å². The van der Waals surface area contributed by atoms with E-state index in [2.05, 4.69) is 25.1 Å². The number of amides is 1. The molecule has 2 aromatic rings. The van der Waals surface area contributed by atoms with Gasteiger partial charge in [0.05, 0.1) is 0 Å². The standard InChI is InChI=1S/C24H31NO2/c1-18(2)25(19(3)4)24(26)27-23(22-14-10-7-11-15-22)17-20(5)16-21-12-8-6-9-13-21/h6-15,17-20H,16H2,1-5H3/b23-17-/t20-/m1/s1. The summed E-state index contributed by atoms with van der Waals surface area (Å²) in [6, 6.07) is 20.4. The predicted molar refractivity (Wildman–Crippen MR) is 112 cm³/mol. The summed E-state index contributed by atoms with van der Waals surface area (Å²) < 4.78 is 5.88. The van der Waals surface area contributed by atoms with Gasteiger partial charge in [0.2, 0.25) is 0 Å². The van der Waals surface area contributed by atoms with Crippen LogP contribution in [0.5, 0.6) is 0 Å². The molecule has 0 aliphatic heterocycles. The van der Waals surface area contributed by atoms with Gasteiger partial charge in [-0.1, -0.05) is 67.6 Å². The molecule has 0 aromatic heterocycles. The molecule has 0 radical (unpaired) electrons. The minimum atomic E-state index is -0.304. The van der Waals surface area contributed by atoms with E-state index in [9.17, 15) is 4.79 Å². The molecule has 0 saturated heterocycles. The highest BCUT2D eigenvalue weighted by Gasteiger charge is 2.23. The number of rotatable bonds is 7. The molecule has 0 fully saturated rings. The zero-order valence-corrected chi connectivity index (χ0v) is 17.1. The molecular weight excluding hydrogens is 334 g/mol. The molecule has 0 bridgehead atoms. The molecule has 1 atom stereocenters. The number of carbonyl (C=O) groups excluding carboxylic acids is 1. The van der Waals surface area contributed by atoms with Crippen LogP contribution in [-0.4, -0.2) is 23.1 Å². The molecule has 144 valence electrons. The van der Waals surface area contributed by atoms with Gasteiger partial charge in [-0.2, -0.15) is 0 Å². The first-order valence-corrected chi connectivity index (χ1v) is 9.69. The van der Waals surface area contributed by atoms with Crippen LogP contribution in [-0.2, 0) is 11.2 Å². The van der Waals surface area contributed by atoms with Gasteiger partial charge in [-0.05, 0) is 51.7 Å². The third kappa shape index (κ3) is 6.28. The monoisotopic (exact) mass is 365 g/mol. The molecule has 0 unspecified atom stereocenters. The fraction of sp³-hybridized carbons (Fsp3) is 0.375. The Morgan fingerprint density at radius 2 is 1.41 bits per heavy atom. The molecule has 3 heteroatoms. The largest absolute Gasteiger partial charge is 0.415 e. The zero-order chi connectivity index (χ0) is 19.8. The van der Waals surface area contributed by atoms with Crippen molar-refractivity contribution >= 4 is 11.9 Å². The maximum absolute atomic E-state index is 12.8. The first-order valence-electron chi connectivity index (χ1n) is 9.69. The summed E-state index contributed by atoms with van der Waals surface area (Å²) in [5.74, 6) is 0.859. The smallest absolute Gasteiger partial charge is 0.410 e. The molecule has 27 heavy (non-hydrogen) atoms. The van der Waals surface area contributed by atoms with E-state index in [1.807, 2.05) is 76.2 Å². The van der Waals surface area contributed by atoms with E-state index in [0.29, 0.717) is 5.76 Å². The first-order chi connectivity index (χ1) is 12.9. The van der Waals surface area contributed by atoms with E-state index in [-0.39, 0.29) is 24.1 Å². The highest BCUT2D eigenvalue weighted by atomic mass is 16.6. The highest BCUT2D eigenvalue weighted by Crippen LogP contribution is 2.22. The third-order valence-electron chi connectivity index (χ3n) is 4.42. The van der Waals surface area contributed by atoms with Crippen LogP contribution in [0.2, 0.25) is 0 Å². The predicted octanol–water partition coefficient (Wildman–Crippen LogP) is 6.16. The summed E-state index contributed by atoms with van der Waals surface area (Å²) >= 11 is 0. The topological polar surface area (TPSA) is 29.5 Å². The Morgan fingerprint density at radius 3 is 1.93 bits per heavy atom. The zero-order valence-electron chi connectivity index (χ0n) is 17.1. The Labute approximate surface area is 163 Å². The summed E-state index contributed by atoms with van der Waals surface area (Å²) in [5.41, 5.74) is 2.18. The van der Waals surface area contributed by atoms with Gasteiger partial charge >= 0.3 is 6.09 Å². The second-order valence-corrected chi connectivity index (χ2v) is 7.53. The van der Waals surface area contributed by atoms with Crippen LogP contribution in [0.1, 0.15) is 45.7 Å². The maximum atomic E-state index is 12.8. The van der Waals surface area contributed by atoms with Gasteiger partial charge in [-0.25, -0.2) is 4.79 Å². The normalized spacial score (nSPS) is 12.9. The van der Waals surface area contributed by atoms with Crippen LogP contribution in [0.4, 0.5) is 4.79 Å². The Balaban J connectivity index is 2.25. The molecule has 3 nitrogen and oxygen atoms in total. The van der Waals surface area contributed by atoms with Gasteiger partial charge in [-0.15, -0.1) is 0 Å². The number of carbonyl (C=O) groups is 1. The minimum absolute atomic E-state index is 0.0799. The van der Waals surface area contributed by atoms with Crippen molar-refractivity contribution in [3.63, 3.8) is 0 Å². The number of nitrogens with zero attached hydrogens (tertiary/aromatic N) is 1. The molecular formula is C24H31NO2. The molecule has 0 aliphatic carbocycles. The third-order valence-corrected chi connectivity index (χ3v) is 4.42. The quantitative estimate of drug-likeness (QED) is 0.550. The Morgan fingerprint density at radius 1 is 0.889 bits per heavy atom. The van der Waals surface area contributed by atoms with E-state index < -0.39 is 0 Å². The summed E-state index contributed by atoms with van der Waals surface area (Å²) in [5, 5.41) is 0. The molecule has 0 N–H and O–H groups in total. The van der Waals surface area contributed by atoms with Crippen LogP contribution in [0, 0.1) is 5.92 Å². The molecule has 0 spiro atoms. The van der Waals surface area contributed by atoms with E-state index >= 15 is 0 Å². The van der Waals surface area contributed by atoms with Gasteiger partial charge < -0.3 is 9.64 Å². The average Bonchev–Trinajstić information content (AvgIpc) is 2.62. The van der Waals surface area contributed by atoms with Crippen LogP contribution < -0.4 is 0 Å². The number of hydrogen-bond acceptors (Lipinski definition) is 2. The lowest BCUT2D eigenvalue weighted by Gasteiger charge is -2.30. The van der Waals surface area contributed by atoms with Crippen molar-refractivity contribution in [1.29, 1.82) is 0 Å².